The molecule has 0 aromatic heterocycles. The van der Waals surface area contributed by atoms with Crippen molar-refractivity contribution in [2.24, 2.45) is 0 Å². The summed E-state index contributed by atoms with van der Waals surface area (Å²) in [4.78, 5) is 1.37. The topological polar surface area (TPSA) is 63.1 Å². The molecule has 0 saturated carbocycles. The molecule has 2 aliphatic rings. The molecule has 1 unspecified atom stereocenters. The molecule has 1 aromatic carbocycles. The van der Waals surface area contributed by atoms with Gasteiger partial charge in [-0.25, -0.2) is 8.78 Å². The molecular formula is C26H29F2N5. The Hall–Kier alpha value is -3.71. The third kappa shape index (κ3) is 5.75. The van der Waals surface area contributed by atoms with Crippen LogP contribution in [0.25, 0.3) is 5.57 Å². The highest BCUT2D eigenvalue weighted by Gasteiger charge is 2.45. The highest BCUT2D eigenvalue weighted by molar-refractivity contribution is 5.92. The summed E-state index contributed by atoms with van der Waals surface area (Å²) in [5.41, 5.74) is 5.72. The zero-order valence-electron chi connectivity index (χ0n) is 18.7. The summed E-state index contributed by atoms with van der Waals surface area (Å²) >= 11 is 0. The second kappa shape index (κ2) is 10.3. The first-order chi connectivity index (χ1) is 15.8. The van der Waals surface area contributed by atoms with Gasteiger partial charge in [-0.1, -0.05) is 37.9 Å². The molecule has 1 saturated heterocycles. The lowest BCUT2D eigenvalue weighted by atomic mass is 9.96. The molecule has 2 aliphatic heterocycles. The van der Waals surface area contributed by atoms with E-state index >= 15 is 0 Å². The Morgan fingerprint density at radius 1 is 1.33 bits per heavy atom. The van der Waals surface area contributed by atoms with E-state index in [1.54, 1.807) is 0 Å². The minimum absolute atomic E-state index is 0.219. The molecule has 3 rings (SSSR count). The van der Waals surface area contributed by atoms with E-state index < -0.39 is 24.9 Å². The summed E-state index contributed by atoms with van der Waals surface area (Å²) in [7, 11) is 0. The molecule has 1 fully saturated rings. The van der Waals surface area contributed by atoms with Crippen molar-refractivity contribution < 1.29 is 8.78 Å². The fraction of sp³-hybridized carbons (Fsp3) is 0.346. The zero-order valence-corrected chi connectivity index (χ0v) is 18.7. The van der Waals surface area contributed by atoms with Crippen LogP contribution in [0.2, 0.25) is 0 Å². The number of benzene rings is 1. The van der Waals surface area contributed by atoms with Crippen molar-refractivity contribution in [2.45, 2.75) is 37.6 Å². The van der Waals surface area contributed by atoms with Crippen LogP contribution in [0.3, 0.4) is 0 Å². The van der Waals surface area contributed by atoms with Crippen molar-refractivity contribution in [3.8, 4) is 18.4 Å². The van der Waals surface area contributed by atoms with Crippen LogP contribution in [0.5, 0.6) is 0 Å². The van der Waals surface area contributed by atoms with E-state index in [4.69, 9.17) is 6.42 Å². The Kier molecular flexibility index (Phi) is 7.45. The van der Waals surface area contributed by atoms with Crippen molar-refractivity contribution >= 4 is 16.9 Å². The first-order valence-corrected chi connectivity index (χ1v) is 10.9. The Morgan fingerprint density at radius 3 is 2.85 bits per heavy atom. The number of hydrogen-bond donors (Lipinski definition) is 3. The molecule has 0 amide bonds. The van der Waals surface area contributed by atoms with Gasteiger partial charge in [0.2, 0.25) is 0 Å². The molecule has 0 radical (unpaired) electrons. The van der Waals surface area contributed by atoms with Crippen molar-refractivity contribution in [1.82, 2.24) is 10.2 Å². The number of unbranched alkanes of at least 4 members (excludes halogenated alkanes) is 1. The number of nitrogens with one attached hydrogen (secondary N) is 3. The maximum absolute atomic E-state index is 13.8. The molecule has 2 heterocycles. The van der Waals surface area contributed by atoms with Crippen LogP contribution in [-0.4, -0.2) is 36.5 Å². The number of anilines is 2. The van der Waals surface area contributed by atoms with E-state index in [0.29, 0.717) is 24.4 Å². The largest absolute Gasteiger partial charge is 0.379 e. The van der Waals surface area contributed by atoms with E-state index in [9.17, 15) is 14.0 Å². The summed E-state index contributed by atoms with van der Waals surface area (Å²) in [5, 5.41) is 19.2. The van der Waals surface area contributed by atoms with Gasteiger partial charge in [0.05, 0.1) is 30.5 Å². The first-order valence-electron chi connectivity index (χ1n) is 10.9. The molecule has 172 valence electrons. The number of fused-ring (bicyclic) bond motifs is 1. The lowest BCUT2D eigenvalue weighted by Gasteiger charge is -2.27. The average molecular weight is 450 g/mol. The second-order valence-corrected chi connectivity index (χ2v) is 8.24. The molecule has 1 atom stereocenters. The minimum Gasteiger partial charge on any atom is -0.379 e. The van der Waals surface area contributed by atoms with Gasteiger partial charge in [0, 0.05) is 47.6 Å². The summed E-state index contributed by atoms with van der Waals surface area (Å²) in [6.45, 7) is 12.5. The average Bonchev–Trinajstić information content (AvgIpc) is 3.12. The molecule has 3 N–H and O–H groups in total. The molecule has 0 aliphatic carbocycles. The van der Waals surface area contributed by atoms with Crippen LogP contribution < -0.4 is 16.0 Å². The highest BCUT2D eigenvalue weighted by atomic mass is 19.3. The van der Waals surface area contributed by atoms with Crippen molar-refractivity contribution in [2.75, 3.05) is 30.3 Å². The van der Waals surface area contributed by atoms with Crippen molar-refractivity contribution in [1.29, 1.82) is 5.26 Å². The van der Waals surface area contributed by atoms with E-state index in [0.717, 1.165) is 41.1 Å². The number of nitriles is 1. The Bertz CT molecular complexity index is 1060. The Labute approximate surface area is 194 Å². The fourth-order valence-corrected chi connectivity index (χ4v) is 4.05. The van der Waals surface area contributed by atoms with Gasteiger partial charge in [-0.3, -0.25) is 0 Å². The van der Waals surface area contributed by atoms with Crippen LogP contribution in [0.4, 0.5) is 20.2 Å². The normalized spacial score (nSPS) is 18.1. The summed E-state index contributed by atoms with van der Waals surface area (Å²) in [6.07, 6.45) is 9.23. The molecule has 1 aromatic rings. The predicted octanol–water partition coefficient (Wildman–Crippen LogP) is 5.07. The number of alkyl halides is 2. The number of terminal acetylenes is 1. The third-order valence-electron chi connectivity index (χ3n) is 5.71. The summed E-state index contributed by atoms with van der Waals surface area (Å²) < 4.78 is 27.5. The van der Waals surface area contributed by atoms with Crippen molar-refractivity contribution in [3.05, 3.63) is 66.7 Å². The smallest absolute Gasteiger partial charge is 0.268 e. The predicted molar refractivity (Wildman–Crippen MR) is 130 cm³/mol. The van der Waals surface area contributed by atoms with Crippen LogP contribution in [0.1, 0.15) is 31.2 Å². The quantitative estimate of drug-likeness (QED) is 0.344. The van der Waals surface area contributed by atoms with Gasteiger partial charge < -0.3 is 20.9 Å². The van der Waals surface area contributed by atoms with E-state index in [1.807, 2.05) is 30.3 Å². The number of rotatable bonds is 10. The van der Waals surface area contributed by atoms with E-state index in [2.05, 4.69) is 41.6 Å². The van der Waals surface area contributed by atoms with Gasteiger partial charge >= 0.3 is 0 Å². The molecular weight excluding hydrogens is 420 g/mol. The first kappa shape index (κ1) is 23.9. The summed E-state index contributed by atoms with van der Waals surface area (Å²) in [6, 6.07) is 7.00. The standard InChI is InChI=1S/C26H29F2N5/c1-5-6-7-9-18(2)32-24-11-8-10-23-22(12-13-30-25(23)24)20(4)31-16-19(3)33-17-26(27,28)14-21(33)15-29/h1,8,10-12,21,30-32H,2-4,6-7,9,13-14,16-17H2. The molecule has 5 nitrogen and oxygen atoms in total. The van der Waals surface area contributed by atoms with E-state index in [-0.39, 0.29) is 6.54 Å². The zero-order chi connectivity index (χ0) is 24.0. The van der Waals surface area contributed by atoms with Gasteiger partial charge in [0.15, 0.2) is 0 Å². The fourth-order valence-electron chi connectivity index (χ4n) is 4.05. The number of nitrogens with zero attached hydrogens (tertiary/aromatic N) is 2. The van der Waals surface area contributed by atoms with Gasteiger partial charge in [0.1, 0.15) is 6.04 Å². The number of halogens is 2. The SMILES string of the molecule is C#CCCCC(=C)Nc1cccc2c1NCC=C2C(=C)NCC(=C)N1CC(F)(F)CC1C#N. The van der Waals surface area contributed by atoms with Gasteiger partial charge in [-0.05, 0) is 18.9 Å². The van der Waals surface area contributed by atoms with Gasteiger partial charge in [-0.15, -0.1) is 12.3 Å². The van der Waals surface area contributed by atoms with Crippen LogP contribution in [0.15, 0.2) is 61.1 Å². The van der Waals surface area contributed by atoms with E-state index in [1.165, 1.54) is 4.90 Å². The van der Waals surface area contributed by atoms with Crippen LogP contribution in [-0.2, 0) is 0 Å². The van der Waals surface area contributed by atoms with Gasteiger partial charge in [-0.2, -0.15) is 5.26 Å². The second-order valence-electron chi connectivity index (χ2n) is 8.24. The molecule has 0 spiro atoms. The lowest BCUT2D eigenvalue weighted by Crippen LogP contribution is -2.33. The monoisotopic (exact) mass is 449 g/mol. The Balaban J connectivity index is 1.66. The van der Waals surface area contributed by atoms with Crippen LogP contribution in [0, 0.1) is 23.7 Å². The number of para-hydroxylation sites is 1. The summed E-state index contributed by atoms with van der Waals surface area (Å²) in [5.74, 6) is -0.249. The molecule has 7 heteroatoms. The maximum atomic E-state index is 13.8. The molecule has 0 bridgehead atoms. The van der Waals surface area contributed by atoms with Gasteiger partial charge in [0.25, 0.3) is 5.92 Å². The number of hydrogen-bond acceptors (Lipinski definition) is 5. The van der Waals surface area contributed by atoms with Crippen molar-refractivity contribution in [3.63, 3.8) is 0 Å². The lowest BCUT2D eigenvalue weighted by molar-refractivity contribution is 0.0147. The molecule has 33 heavy (non-hydrogen) atoms. The highest BCUT2D eigenvalue weighted by Crippen LogP contribution is 2.37. The minimum atomic E-state index is -2.88. The Morgan fingerprint density at radius 2 is 2.12 bits per heavy atom. The third-order valence-corrected chi connectivity index (χ3v) is 5.71. The van der Waals surface area contributed by atoms with Crippen LogP contribution >= 0.6 is 0 Å². The number of allylic oxidation sites excluding steroid dienone is 2. The number of likely N-dealkylation sites (tertiary alicyclic amines) is 1. The maximum Gasteiger partial charge on any atom is 0.268 e.